The van der Waals surface area contributed by atoms with Gasteiger partial charge < -0.3 is 4.74 Å². The molecule has 1 heterocycles. The topological polar surface area (TPSA) is 79.9 Å². The standard InChI is InChI=1S/C15H14ClFN4O2/c1-15(2,3)23-14(22)20-13-9(7-18)8-19-21(13)10-4-5-11(16)12(17)6-10/h4-6,8H,1-3H3,(H,20,22). The van der Waals surface area contributed by atoms with Crippen LogP contribution >= 0.6 is 11.6 Å². The Hall–Kier alpha value is -2.59. The zero-order valence-electron chi connectivity index (χ0n) is 12.7. The third kappa shape index (κ3) is 3.99. The van der Waals surface area contributed by atoms with Gasteiger partial charge in [-0.3, -0.25) is 5.32 Å². The van der Waals surface area contributed by atoms with Crippen LogP contribution in [0.4, 0.5) is 15.0 Å². The van der Waals surface area contributed by atoms with E-state index in [2.05, 4.69) is 10.4 Å². The average Bonchev–Trinajstić information content (AvgIpc) is 2.82. The molecule has 0 atom stereocenters. The Labute approximate surface area is 137 Å². The number of anilines is 1. The molecule has 0 bridgehead atoms. The maximum atomic E-state index is 13.6. The minimum atomic E-state index is -0.745. The lowest BCUT2D eigenvalue weighted by Crippen LogP contribution is -2.28. The highest BCUT2D eigenvalue weighted by molar-refractivity contribution is 6.30. The summed E-state index contributed by atoms with van der Waals surface area (Å²) in [5, 5.41) is 15.5. The molecule has 0 spiro atoms. The van der Waals surface area contributed by atoms with E-state index in [1.165, 1.54) is 23.0 Å². The van der Waals surface area contributed by atoms with Crippen LogP contribution in [0.2, 0.25) is 5.02 Å². The molecule has 0 fully saturated rings. The van der Waals surface area contributed by atoms with Crippen LogP contribution in [0.5, 0.6) is 0 Å². The Morgan fingerprint density at radius 2 is 2.17 bits per heavy atom. The van der Waals surface area contributed by atoms with Crippen LogP contribution in [-0.4, -0.2) is 21.5 Å². The highest BCUT2D eigenvalue weighted by Gasteiger charge is 2.20. The highest BCUT2D eigenvalue weighted by atomic mass is 35.5. The Morgan fingerprint density at radius 1 is 1.48 bits per heavy atom. The molecule has 0 unspecified atom stereocenters. The number of amides is 1. The van der Waals surface area contributed by atoms with Gasteiger partial charge in [0.15, 0.2) is 5.82 Å². The van der Waals surface area contributed by atoms with Crippen molar-refractivity contribution in [2.45, 2.75) is 26.4 Å². The predicted molar refractivity (Wildman–Crippen MR) is 83.1 cm³/mol. The van der Waals surface area contributed by atoms with Gasteiger partial charge in [0, 0.05) is 6.07 Å². The largest absolute Gasteiger partial charge is 0.444 e. The Bertz CT molecular complexity index is 790. The second kappa shape index (κ2) is 6.26. The van der Waals surface area contributed by atoms with Crippen LogP contribution in [0, 0.1) is 17.1 Å². The smallest absolute Gasteiger partial charge is 0.413 e. The number of hydrogen-bond acceptors (Lipinski definition) is 4. The predicted octanol–water partition coefficient (Wildman–Crippen LogP) is 3.88. The molecule has 0 saturated heterocycles. The van der Waals surface area contributed by atoms with E-state index in [0.29, 0.717) is 5.69 Å². The van der Waals surface area contributed by atoms with Gasteiger partial charge in [0.2, 0.25) is 0 Å². The van der Waals surface area contributed by atoms with Crippen molar-refractivity contribution in [1.29, 1.82) is 5.26 Å². The summed E-state index contributed by atoms with van der Waals surface area (Å²) < 4.78 is 20.0. The molecule has 2 aromatic rings. The van der Waals surface area contributed by atoms with Gasteiger partial charge in [0.1, 0.15) is 23.1 Å². The molecule has 0 aliphatic heterocycles. The number of rotatable bonds is 2. The molecule has 1 aromatic carbocycles. The highest BCUT2D eigenvalue weighted by Crippen LogP contribution is 2.23. The molecule has 2 rings (SSSR count). The van der Waals surface area contributed by atoms with Crippen LogP contribution in [0.1, 0.15) is 26.3 Å². The number of nitriles is 1. The number of nitrogens with one attached hydrogen (secondary N) is 1. The number of ether oxygens (including phenoxy) is 1. The summed E-state index contributed by atoms with van der Waals surface area (Å²) in [6, 6.07) is 5.93. The molecule has 1 N–H and O–H groups in total. The lowest BCUT2D eigenvalue weighted by Gasteiger charge is -2.20. The monoisotopic (exact) mass is 336 g/mol. The van der Waals surface area contributed by atoms with E-state index in [0.717, 1.165) is 6.07 Å². The van der Waals surface area contributed by atoms with Crippen LogP contribution in [0.3, 0.4) is 0 Å². The average molecular weight is 337 g/mol. The van der Waals surface area contributed by atoms with Gasteiger partial charge in [0.05, 0.1) is 16.9 Å². The van der Waals surface area contributed by atoms with E-state index in [9.17, 15) is 9.18 Å². The van der Waals surface area contributed by atoms with E-state index in [4.69, 9.17) is 21.6 Å². The first-order valence-corrected chi connectivity index (χ1v) is 7.02. The van der Waals surface area contributed by atoms with Gasteiger partial charge in [-0.05, 0) is 32.9 Å². The molecule has 8 heteroatoms. The normalized spacial score (nSPS) is 11.0. The minimum absolute atomic E-state index is 0.0388. The van der Waals surface area contributed by atoms with Crippen LogP contribution in [-0.2, 0) is 4.74 Å². The summed E-state index contributed by atoms with van der Waals surface area (Å²) in [6.07, 6.45) is 0.518. The summed E-state index contributed by atoms with van der Waals surface area (Å²) in [7, 11) is 0. The minimum Gasteiger partial charge on any atom is -0.444 e. The van der Waals surface area contributed by atoms with Crippen LogP contribution in [0.25, 0.3) is 5.69 Å². The SMILES string of the molecule is CC(C)(C)OC(=O)Nc1c(C#N)cnn1-c1ccc(Cl)c(F)c1. The van der Waals surface area contributed by atoms with Crippen molar-refractivity contribution >= 4 is 23.5 Å². The van der Waals surface area contributed by atoms with E-state index in [1.54, 1.807) is 20.8 Å². The van der Waals surface area contributed by atoms with Gasteiger partial charge >= 0.3 is 6.09 Å². The molecular weight excluding hydrogens is 323 g/mol. The van der Waals surface area contributed by atoms with Gasteiger partial charge in [-0.2, -0.15) is 10.4 Å². The van der Waals surface area contributed by atoms with Crippen molar-refractivity contribution in [1.82, 2.24) is 9.78 Å². The van der Waals surface area contributed by atoms with E-state index < -0.39 is 17.5 Å². The first-order valence-electron chi connectivity index (χ1n) is 6.65. The van der Waals surface area contributed by atoms with Crippen molar-refractivity contribution in [3.63, 3.8) is 0 Å². The molecule has 120 valence electrons. The number of hydrogen-bond donors (Lipinski definition) is 1. The zero-order valence-corrected chi connectivity index (χ0v) is 13.5. The first-order chi connectivity index (χ1) is 10.7. The zero-order chi connectivity index (χ0) is 17.2. The molecule has 0 saturated carbocycles. The van der Waals surface area contributed by atoms with Crippen LogP contribution < -0.4 is 5.32 Å². The van der Waals surface area contributed by atoms with Crippen LogP contribution in [0.15, 0.2) is 24.4 Å². The van der Waals surface area contributed by atoms with E-state index in [1.807, 2.05) is 6.07 Å². The van der Waals surface area contributed by atoms with Crippen molar-refractivity contribution in [2.75, 3.05) is 5.32 Å². The fraction of sp³-hybridized carbons (Fsp3) is 0.267. The third-order valence-electron chi connectivity index (χ3n) is 2.66. The Balaban J connectivity index is 2.39. The molecule has 23 heavy (non-hydrogen) atoms. The number of nitrogens with zero attached hydrogens (tertiary/aromatic N) is 3. The number of aromatic nitrogens is 2. The van der Waals surface area contributed by atoms with Crippen molar-refractivity contribution in [3.05, 3.63) is 40.8 Å². The number of carbonyl (C=O) groups is 1. The van der Waals surface area contributed by atoms with Crippen molar-refractivity contribution in [3.8, 4) is 11.8 Å². The van der Waals surface area contributed by atoms with E-state index in [-0.39, 0.29) is 16.4 Å². The molecule has 1 amide bonds. The maximum Gasteiger partial charge on any atom is 0.413 e. The molecular formula is C15H14ClFN4O2. The second-order valence-electron chi connectivity index (χ2n) is 5.66. The lowest BCUT2D eigenvalue weighted by atomic mass is 10.2. The first kappa shape index (κ1) is 16.8. The fourth-order valence-electron chi connectivity index (χ4n) is 1.76. The van der Waals surface area contributed by atoms with E-state index >= 15 is 0 Å². The molecule has 0 aliphatic rings. The summed E-state index contributed by atoms with van der Waals surface area (Å²) in [5.74, 6) is -0.551. The fourth-order valence-corrected chi connectivity index (χ4v) is 1.88. The van der Waals surface area contributed by atoms with Gasteiger partial charge in [-0.1, -0.05) is 11.6 Å². The summed E-state index contributed by atoms with van der Waals surface area (Å²) in [4.78, 5) is 11.9. The summed E-state index contributed by atoms with van der Waals surface area (Å²) in [6.45, 7) is 5.14. The third-order valence-corrected chi connectivity index (χ3v) is 2.96. The Morgan fingerprint density at radius 3 is 2.74 bits per heavy atom. The Kier molecular flexibility index (Phi) is 4.57. The maximum absolute atomic E-state index is 13.6. The molecule has 1 aromatic heterocycles. The lowest BCUT2D eigenvalue weighted by molar-refractivity contribution is 0.0635. The van der Waals surface area contributed by atoms with Crippen molar-refractivity contribution in [2.24, 2.45) is 0 Å². The molecule has 0 aliphatic carbocycles. The quantitative estimate of drug-likeness (QED) is 0.902. The van der Waals surface area contributed by atoms with Crippen molar-refractivity contribution < 1.29 is 13.9 Å². The molecule has 0 radical (unpaired) electrons. The second-order valence-corrected chi connectivity index (χ2v) is 6.06. The number of benzene rings is 1. The molecule has 6 nitrogen and oxygen atoms in total. The van der Waals surface area contributed by atoms with Gasteiger partial charge in [0.25, 0.3) is 0 Å². The van der Waals surface area contributed by atoms with Gasteiger partial charge in [-0.25, -0.2) is 13.9 Å². The summed E-state index contributed by atoms with van der Waals surface area (Å²) in [5.41, 5.74) is -0.278. The summed E-state index contributed by atoms with van der Waals surface area (Å²) >= 11 is 5.65. The number of halogens is 2. The van der Waals surface area contributed by atoms with Gasteiger partial charge in [-0.15, -0.1) is 0 Å². The number of carbonyl (C=O) groups excluding carboxylic acids is 1.